The molecule has 88 valence electrons. The minimum atomic E-state index is -0.789. The van der Waals surface area contributed by atoms with Gasteiger partial charge in [0.05, 0.1) is 0 Å². The van der Waals surface area contributed by atoms with Gasteiger partial charge in [-0.1, -0.05) is 17.7 Å². The number of likely N-dealkylation sites (N-methyl/N-ethyl adjacent to an activating group) is 1. The van der Waals surface area contributed by atoms with E-state index in [0.29, 0.717) is 12.0 Å². The van der Waals surface area contributed by atoms with E-state index in [0.717, 1.165) is 18.1 Å². The molecule has 0 bridgehead atoms. The van der Waals surface area contributed by atoms with Crippen molar-refractivity contribution in [1.29, 1.82) is 0 Å². The highest BCUT2D eigenvalue weighted by Gasteiger charge is 2.13. The molecule has 0 amide bonds. The number of hydrogen-bond acceptors (Lipinski definition) is 1. The fourth-order valence-corrected chi connectivity index (χ4v) is 1.67. The van der Waals surface area contributed by atoms with Crippen LogP contribution < -0.4 is 5.32 Å². The quantitative estimate of drug-likeness (QED) is 0.759. The summed E-state index contributed by atoms with van der Waals surface area (Å²) in [5, 5.41) is 3.08. The van der Waals surface area contributed by atoms with Gasteiger partial charge in [0.1, 0.15) is 0 Å². The predicted molar refractivity (Wildman–Crippen MR) is 62.3 cm³/mol. The lowest BCUT2D eigenvalue weighted by molar-refractivity contribution is 0.482. The number of benzene rings is 1. The summed E-state index contributed by atoms with van der Waals surface area (Å²) in [6, 6.07) is 4.36. The molecule has 1 aromatic rings. The average molecular weight is 225 g/mol. The molecule has 0 fully saturated rings. The maximum atomic E-state index is 13.4. The molecule has 1 nitrogen and oxygen atoms in total. The highest BCUT2D eigenvalue weighted by atomic mass is 19.2. The van der Waals surface area contributed by atoms with E-state index >= 15 is 0 Å². The van der Waals surface area contributed by atoms with Crippen molar-refractivity contribution in [2.75, 3.05) is 7.05 Å². The Balaban J connectivity index is 2.77. The van der Waals surface area contributed by atoms with E-state index < -0.39 is 11.6 Å². The summed E-state index contributed by atoms with van der Waals surface area (Å²) in [4.78, 5) is 0. The van der Waals surface area contributed by atoms with Crippen LogP contribution >= 0.6 is 0 Å². The second-order valence-corrected chi connectivity index (χ2v) is 4.06. The van der Waals surface area contributed by atoms with Crippen molar-refractivity contribution in [2.24, 2.45) is 0 Å². The van der Waals surface area contributed by atoms with Crippen LogP contribution in [0.3, 0.4) is 0 Å². The zero-order valence-corrected chi connectivity index (χ0v) is 9.69. The minimum absolute atomic E-state index is 0.0915. The molecule has 0 spiro atoms. The van der Waals surface area contributed by atoms with E-state index in [-0.39, 0.29) is 6.04 Å². The first-order valence-electron chi connectivity index (χ1n) is 5.29. The first kappa shape index (κ1) is 12.8. The standard InChI is InChI=1S/C13H17F2N/c1-9(2)7-11(16-3)8-10-5-4-6-12(14)13(10)15/h4-6,11,16H,1,7-8H2,2-3H3. The Morgan fingerprint density at radius 3 is 2.69 bits per heavy atom. The molecule has 0 radical (unpaired) electrons. The van der Waals surface area contributed by atoms with Crippen LogP contribution in [0, 0.1) is 11.6 Å². The molecule has 1 aromatic carbocycles. The van der Waals surface area contributed by atoms with Gasteiger partial charge >= 0.3 is 0 Å². The van der Waals surface area contributed by atoms with Crippen LogP contribution in [0.2, 0.25) is 0 Å². The van der Waals surface area contributed by atoms with Gasteiger partial charge in [-0.15, -0.1) is 6.58 Å². The van der Waals surface area contributed by atoms with Gasteiger partial charge < -0.3 is 5.32 Å². The van der Waals surface area contributed by atoms with E-state index in [4.69, 9.17) is 0 Å². The first-order chi connectivity index (χ1) is 7.54. The average Bonchev–Trinajstić information content (AvgIpc) is 2.23. The third-order valence-electron chi connectivity index (χ3n) is 2.50. The van der Waals surface area contributed by atoms with E-state index in [2.05, 4.69) is 11.9 Å². The number of nitrogens with one attached hydrogen (secondary N) is 1. The number of rotatable bonds is 5. The van der Waals surface area contributed by atoms with Crippen molar-refractivity contribution in [1.82, 2.24) is 5.32 Å². The monoisotopic (exact) mass is 225 g/mol. The van der Waals surface area contributed by atoms with Crippen LogP contribution in [0.25, 0.3) is 0 Å². The molecule has 1 atom stereocenters. The summed E-state index contributed by atoms with van der Waals surface area (Å²) < 4.78 is 26.4. The zero-order chi connectivity index (χ0) is 12.1. The fourth-order valence-electron chi connectivity index (χ4n) is 1.67. The van der Waals surface area contributed by atoms with Gasteiger partial charge in [0.15, 0.2) is 11.6 Å². The van der Waals surface area contributed by atoms with E-state index in [9.17, 15) is 8.78 Å². The second-order valence-electron chi connectivity index (χ2n) is 4.06. The van der Waals surface area contributed by atoms with Gasteiger partial charge in [-0.2, -0.15) is 0 Å². The molecule has 0 heterocycles. The smallest absolute Gasteiger partial charge is 0.162 e. The van der Waals surface area contributed by atoms with Gasteiger partial charge in [-0.3, -0.25) is 0 Å². The molecule has 1 N–H and O–H groups in total. The van der Waals surface area contributed by atoms with Gasteiger partial charge in [0.25, 0.3) is 0 Å². The van der Waals surface area contributed by atoms with Crippen LogP contribution in [-0.4, -0.2) is 13.1 Å². The predicted octanol–water partition coefficient (Wildman–Crippen LogP) is 3.06. The highest BCUT2D eigenvalue weighted by molar-refractivity contribution is 5.20. The van der Waals surface area contributed by atoms with Crippen molar-refractivity contribution >= 4 is 0 Å². The summed E-state index contributed by atoms with van der Waals surface area (Å²) in [5.74, 6) is -1.54. The second kappa shape index (κ2) is 5.75. The first-order valence-corrected chi connectivity index (χ1v) is 5.29. The summed E-state index contributed by atoms with van der Waals surface area (Å²) in [7, 11) is 1.81. The summed E-state index contributed by atoms with van der Waals surface area (Å²) in [6.07, 6.45) is 1.22. The molecular formula is C13H17F2N. The van der Waals surface area contributed by atoms with E-state index in [1.807, 2.05) is 14.0 Å². The zero-order valence-electron chi connectivity index (χ0n) is 9.69. The van der Waals surface area contributed by atoms with Crippen LogP contribution in [0.5, 0.6) is 0 Å². The van der Waals surface area contributed by atoms with Crippen molar-refractivity contribution in [3.63, 3.8) is 0 Å². The molecule has 0 aliphatic rings. The Morgan fingerprint density at radius 1 is 1.44 bits per heavy atom. The normalized spacial score (nSPS) is 12.5. The van der Waals surface area contributed by atoms with E-state index in [1.165, 1.54) is 6.07 Å². The summed E-state index contributed by atoms with van der Waals surface area (Å²) in [6.45, 7) is 5.74. The molecule has 3 heteroatoms. The molecule has 0 saturated carbocycles. The molecular weight excluding hydrogens is 208 g/mol. The molecule has 0 aliphatic heterocycles. The molecule has 0 aromatic heterocycles. The van der Waals surface area contributed by atoms with Gasteiger partial charge in [0.2, 0.25) is 0 Å². The van der Waals surface area contributed by atoms with Crippen LogP contribution in [0.1, 0.15) is 18.9 Å². The Labute approximate surface area is 95.2 Å². The lowest BCUT2D eigenvalue weighted by Crippen LogP contribution is -2.28. The maximum Gasteiger partial charge on any atom is 0.162 e. The van der Waals surface area contributed by atoms with Crippen LogP contribution in [0.4, 0.5) is 8.78 Å². The molecule has 16 heavy (non-hydrogen) atoms. The topological polar surface area (TPSA) is 12.0 Å². The van der Waals surface area contributed by atoms with Crippen molar-refractivity contribution in [3.8, 4) is 0 Å². The largest absolute Gasteiger partial charge is 0.316 e. The van der Waals surface area contributed by atoms with E-state index in [1.54, 1.807) is 6.07 Å². The minimum Gasteiger partial charge on any atom is -0.316 e. The summed E-state index contributed by atoms with van der Waals surface area (Å²) >= 11 is 0. The Morgan fingerprint density at radius 2 is 2.12 bits per heavy atom. The van der Waals surface area contributed by atoms with Crippen molar-refractivity contribution in [2.45, 2.75) is 25.8 Å². The number of hydrogen-bond donors (Lipinski definition) is 1. The molecule has 0 saturated heterocycles. The van der Waals surface area contributed by atoms with Gasteiger partial charge in [0, 0.05) is 6.04 Å². The molecule has 0 aliphatic carbocycles. The molecule has 1 unspecified atom stereocenters. The van der Waals surface area contributed by atoms with Gasteiger partial charge in [-0.25, -0.2) is 8.78 Å². The lowest BCUT2D eigenvalue weighted by atomic mass is 10.00. The van der Waals surface area contributed by atoms with Crippen LogP contribution in [-0.2, 0) is 6.42 Å². The third kappa shape index (κ3) is 3.42. The van der Waals surface area contributed by atoms with Gasteiger partial charge in [-0.05, 0) is 38.4 Å². The summed E-state index contributed by atoms with van der Waals surface area (Å²) in [5.41, 5.74) is 1.43. The van der Waals surface area contributed by atoms with Crippen molar-refractivity contribution < 1.29 is 8.78 Å². The van der Waals surface area contributed by atoms with Crippen LogP contribution in [0.15, 0.2) is 30.4 Å². The Hall–Kier alpha value is -1.22. The fraction of sp³-hybridized carbons (Fsp3) is 0.385. The SMILES string of the molecule is C=C(C)CC(Cc1cccc(F)c1F)NC. The maximum absolute atomic E-state index is 13.4. The Kier molecular flexibility index (Phi) is 4.62. The highest BCUT2D eigenvalue weighted by Crippen LogP contribution is 2.15. The number of halogens is 2. The molecule has 1 rings (SSSR count). The van der Waals surface area contributed by atoms with Crippen molar-refractivity contribution in [3.05, 3.63) is 47.5 Å². The third-order valence-corrected chi connectivity index (χ3v) is 2.50. The Bertz CT molecular complexity index is 374. The lowest BCUT2D eigenvalue weighted by Gasteiger charge is -2.16.